The molecule has 0 bridgehead atoms. The zero-order chi connectivity index (χ0) is 26.2. The van der Waals surface area contributed by atoms with Gasteiger partial charge in [-0.25, -0.2) is 0 Å². The monoisotopic (exact) mass is 511 g/mol. The maximum absolute atomic E-state index is 13.1. The first-order valence-corrected chi connectivity index (χ1v) is 11.1. The number of alkyl halides is 3. The Morgan fingerprint density at radius 3 is 2.43 bits per heavy atom. The maximum Gasteiger partial charge on any atom is 0.573 e. The van der Waals surface area contributed by atoms with Gasteiger partial charge in [-0.05, 0) is 36.6 Å². The average molecular weight is 512 g/mol. The van der Waals surface area contributed by atoms with Crippen LogP contribution in [0.2, 0.25) is 5.02 Å². The lowest BCUT2D eigenvalue weighted by atomic mass is 9.92. The summed E-state index contributed by atoms with van der Waals surface area (Å²) in [5.74, 6) is -1.75. The molecule has 2 N–H and O–H groups in total. The fourth-order valence-electron chi connectivity index (χ4n) is 3.31. The summed E-state index contributed by atoms with van der Waals surface area (Å²) in [6.45, 7) is 5.83. The number of rotatable bonds is 7. The Balaban J connectivity index is 1.84. The third-order valence-electron chi connectivity index (χ3n) is 5.49. The molecule has 35 heavy (non-hydrogen) atoms. The van der Waals surface area contributed by atoms with E-state index in [0.717, 1.165) is 6.07 Å². The van der Waals surface area contributed by atoms with Crippen LogP contribution in [0.1, 0.15) is 55.4 Å². The number of aromatic nitrogens is 2. The Morgan fingerprint density at radius 1 is 1.29 bits per heavy atom. The largest absolute Gasteiger partial charge is 0.573 e. The van der Waals surface area contributed by atoms with Crippen LogP contribution in [0, 0.1) is 11.3 Å². The highest BCUT2D eigenvalue weighted by molar-refractivity contribution is 6.32. The summed E-state index contributed by atoms with van der Waals surface area (Å²) in [7, 11) is 1.60. The molecular weight excluding hydrogens is 487 g/mol. The molecule has 0 aliphatic heterocycles. The summed E-state index contributed by atoms with van der Waals surface area (Å²) in [5.41, 5.74) is -0.00339. The number of hydrogen-bond donors (Lipinski definition) is 2. The molecule has 0 spiro atoms. The lowest BCUT2D eigenvalue weighted by Crippen LogP contribution is -2.51. The lowest BCUT2D eigenvalue weighted by molar-refractivity contribution is -0.274. The van der Waals surface area contributed by atoms with Gasteiger partial charge in [0.05, 0.1) is 16.8 Å². The van der Waals surface area contributed by atoms with Gasteiger partial charge in [-0.1, -0.05) is 38.4 Å². The number of carbonyl (C=O) groups is 2. The molecule has 188 valence electrons. The Kier molecular flexibility index (Phi) is 7.09. The normalized spacial score (nSPS) is 15.6. The van der Waals surface area contributed by atoms with Gasteiger partial charge in [0.15, 0.2) is 0 Å². The van der Waals surface area contributed by atoms with Crippen LogP contribution in [0.4, 0.5) is 13.2 Å². The Bertz CT molecular complexity index is 1180. The quantitative estimate of drug-likeness (QED) is 0.588. The standard InChI is InChI=1S/C23H25ClF3N5O3/c1-21(2,3)18-11-16(32(4)31-18)20(34)29-15(19(33)30-22(12-28)7-8-22)10-13-5-6-17(14(24)9-13)35-23(25,26)27/h5-6,9,11,15H,7-8,10H2,1-4H3,(H,29,34)(H,30,33)/t15-/m0/s1. The van der Waals surface area contributed by atoms with Crippen molar-refractivity contribution in [2.45, 2.75) is 63.4 Å². The number of amides is 2. The van der Waals surface area contributed by atoms with Crippen LogP contribution in [-0.2, 0) is 23.7 Å². The summed E-state index contributed by atoms with van der Waals surface area (Å²) in [4.78, 5) is 26.1. The molecule has 1 aliphatic rings. The van der Waals surface area contributed by atoms with E-state index in [9.17, 15) is 28.0 Å². The van der Waals surface area contributed by atoms with Gasteiger partial charge in [0.1, 0.15) is 23.0 Å². The van der Waals surface area contributed by atoms with Crippen molar-refractivity contribution in [3.63, 3.8) is 0 Å². The minimum absolute atomic E-state index is 0.0882. The van der Waals surface area contributed by atoms with Gasteiger partial charge in [0.25, 0.3) is 5.91 Å². The predicted molar refractivity (Wildman–Crippen MR) is 121 cm³/mol. The Hall–Kier alpha value is -3.26. The number of aryl methyl sites for hydroxylation is 1. The van der Waals surface area contributed by atoms with E-state index in [1.54, 1.807) is 13.1 Å². The van der Waals surface area contributed by atoms with Crippen molar-refractivity contribution in [1.29, 1.82) is 5.26 Å². The van der Waals surface area contributed by atoms with E-state index < -0.39 is 35.5 Å². The summed E-state index contributed by atoms with van der Waals surface area (Å²) >= 11 is 5.94. The first-order valence-electron chi connectivity index (χ1n) is 10.8. The van der Waals surface area contributed by atoms with Gasteiger partial charge in [0.2, 0.25) is 5.91 Å². The molecule has 1 saturated carbocycles. The Labute approximate surface area is 205 Å². The van der Waals surface area contributed by atoms with Crippen LogP contribution in [0.3, 0.4) is 0 Å². The van der Waals surface area contributed by atoms with Crippen molar-refractivity contribution in [1.82, 2.24) is 20.4 Å². The molecule has 0 radical (unpaired) electrons. The van der Waals surface area contributed by atoms with E-state index in [1.807, 2.05) is 20.8 Å². The third kappa shape index (κ3) is 6.66. The average Bonchev–Trinajstić information content (AvgIpc) is 3.38. The summed E-state index contributed by atoms with van der Waals surface area (Å²) in [5, 5.41) is 18.7. The van der Waals surface area contributed by atoms with Crippen molar-refractivity contribution in [3.05, 3.63) is 46.2 Å². The van der Waals surface area contributed by atoms with E-state index in [-0.39, 0.29) is 22.6 Å². The number of halogens is 4. The number of nitrogens with one attached hydrogen (secondary N) is 2. The number of hydrogen-bond acceptors (Lipinski definition) is 5. The van der Waals surface area contributed by atoms with E-state index in [1.165, 1.54) is 16.8 Å². The van der Waals surface area contributed by atoms with Gasteiger partial charge >= 0.3 is 6.36 Å². The minimum atomic E-state index is -4.91. The van der Waals surface area contributed by atoms with Gasteiger partial charge < -0.3 is 15.4 Å². The summed E-state index contributed by atoms with van der Waals surface area (Å²) in [6, 6.07) is 6.13. The smallest absolute Gasteiger partial charge is 0.404 e. The van der Waals surface area contributed by atoms with Crippen LogP contribution in [-0.4, -0.2) is 39.5 Å². The van der Waals surface area contributed by atoms with Gasteiger partial charge in [-0.2, -0.15) is 10.4 Å². The molecule has 1 aliphatic carbocycles. The summed E-state index contributed by atoms with van der Waals surface area (Å²) in [6.07, 6.45) is -4.02. The molecule has 1 heterocycles. The first-order chi connectivity index (χ1) is 16.1. The second-order valence-corrected chi connectivity index (χ2v) is 9.92. The van der Waals surface area contributed by atoms with Gasteiger partial charge in [-0.3, -0.25) is 14.3 Å². The number of ether oxygens (including phenoxy) is 1. The Morgan fingerprint density at radius 2 is 1.94 bits per heavy atom. The fourth-order valence-corrected chi connectivity index (χ4v) is 3.56. The first kappa shape index (κ1) is 26.3. The van der Waals surface area contributed by atoms with Crippen molar-refractivity contribution in [3.8, 4) is 11.8 Å². The molecule has 0 unspecified atom stereocenters. The minimum Gasteiger partial charge on any atom is -0.404 e. The van der Waals surface area contributed by atoms with Crippen molar-refractivity contribution in [2.75, 3.05) is 0 Å². The van der Waals surface area contributed by atoms with Crippen molar-refractivity contribution >= 4 is 23.4 Å². The highest BCUT2D eigenvalue weighted by Crippen LogP contribution is 2.35. The molecule has 0 saturated heterocycles. The SMILES string of the molecule is Cn1nc(C(C)(C)C)cc1C(=O)N[C@@H](Cc1ccc(OC(F)(F)F)c(Cl)c1)C(=O)NC1(C#N)CC1. The number of nitriles is 1. The van der Waals surface area contributed by atoms with E-state index in [4.69, 9.17) is 11.6 Å². The highest BCUT2D eigenvalue weighted by atomic mass is 35.5. The van der Waals surface area contributed by atoms with Gasteiger partial charge in [-0.15, -0.1) is 13.2 Å². The number of benzene rings is 1. The predicted octanol–water partition coefficient (Wildman–Crippen LogP) is 3.78. The molecule has 8 nitrogen and oxygen atoms in total. The fraction of sp³-hybridized carbons (Fsp3) is 0.478. The number of nitrogens with zero attached hydrogens (tertiary/aromatic N) is 3. The molecule has 1 aromatic heterocycles. The summed E-state index contributed by atoms with van der Waals surface area (Å²) < 4.78 is 42.9. The van der Waals surface area contributed by atoms with E-state index in [0.29, 0.717) is 24.1 Å². The number of carbonyl (C=O) groups excluding carboxylic acids is 2. The molecule has 2 amide bonds. The second kappa shape index (κ2) is 9.41. The zero-order valence-electron chi connectivity index (χ0n) is 19.6. The molecule has 3 rings (SSSR count). The van der Waals surface area contributed by atoms with Crippen LogP contribution < -0.4 is 15.4 Å². The zero-order valence-corrected chi connectivity index (χ0v) is 20.3. The van der Waals surface area contributed by atoms with E-state index >= 15 is 0 Å². The van der Waals surface area contributed by atoms with Crippen molar-refractivity contribution < 1.29 is 27.5 Å². The molecule has 12 heteroatoms. The molecule has 1 fully saturated rings. The molecule has 1 aromatic carbocycles. The van der Waals surface area contributed by atoms with Crippen LogP contribution in [0.25, 0.3) is 0 Å². The van der Waals surface area contributed by atoms with Crippen molar-refractivity contribution in [2.24, 2.45) is 7.05 Å². The van der Waals surface area contributed by atoms with Crippen LogP contribution in [0.5, 0.6) is 5.75 Å². The van der Waals surface area contributed by atoms with Crippen LogP contribution >= 0.6 is 11.6 Å². The second-order valence-electron chi connectivity index (χ2n) is 9.51. The molecule has 2 aromatic rings. The topological polar surface area (TPSA) is 109 Å². The van der Waals surface area contributed by atoms with Crippen LogP contribution in [0.15, 0.2) is 24.3 Å². The molecular formula is C23H25ClF3N5O3. The van der Waals surface area contributed by atoms with E-state index in [2.05, 4.69) is 26.5 Å². The highest BCUT2D eigenvalue weighted by Gasteiger charge is 2.45. The third-order valence-corrected chi connectivity index (χ3v) is 5.79. The lowest BCUT2D eigenvalue weighted by Gasteiger charge is -2.21. The molecule has 1 atom stereocenters. The van der Waals surface area contributed by atoms with Gasteiger partial charge in [0, 0.05) is 18.9 Å². The maximum atomic E-state index is 13.1.